The molecule has 2 aromatic rings. The third-order valence-electron chi connectivity index (χ3n) is 4.11. The van der Waals surface area contributed by atoms with Gasteiger partial charge in [0.25, 0.3) is 5.91 Å². The first-order chi connectivity index (χ1) is 11.8. The topological polar surface area (TPSA) is 75.3 Å². The van der Waals surface area contributed by atoms with Crippen LogP contribution in [0.4, 0.5) is 11.4 Å². The van der Waals surface area contributed by atoms with Gasteiger partial charge >= 0.3 is 0 Å². The van der Waals surface area contributed by atoms with Crippen LogP contribution in [-0.2, 0) is 22.9 Å². The van der Waals surface area contributed by atoms with Crippen LogP contribution in [-0.4, -0.2) is 20.6 Å². The van der Waals surface area contributed by atoms with Crippen molar-refractivity contribution in [1.82, 2.24) is 0 Å². The number of hydrogen-bond donors (Lipinski definition) is 2. The number of amides is 1. The minimum Gasteiger partial charge on any atom is -0.321 e. The van der Waals surface area contributed by atoms with Gasteiger partial charge in [-0.25, -0.2) is 8.42 Å². The lowest BCUT2D eigenvalue weighted by atomic mass is 10.0. The number of benzene rings is 2. The predicted molar refractivity (Wildman–Crippen MR) is 103 cm³/mol. The molecule has 134 valence electrons. The van der Waals surface area contributed by atoms with E-state index < -0.39 is 10.0 Å². The maximum absolute atomic E-state index is 12.8. The Morgan fingerprint density at radius 1 is 1.00 bits per heavy atom. The number of aryl methyl sites for hydroxylation is 2. The summed E-state index contributed by atoms with van der Waals surface area (Å²) in [7, 11) is -3.40. The lowest BCUT2D eigenvalue weighted by Crippen LogP contribution is -2.18. The van der Waals surface area contributed by atoms with Gasteiger partial charge in [0, 0.05) is 11.3 Å². The fourth-order valence-corrected chi connectivity index (χ4v) is 3.40. The molecular weight excluding hydrogens is 336 g/mol. The Morgan fingerprint density at radius 3 is 2.08 bits per heavy atom. The quantitative estimate of drug-likeness (QED) is 0.824. The van der Waals surface area contributed by atoms with E-state index in [1.165, 1.54) is 0 Å². The van der Waals surface area contributed by atoms with Crippen molar-refractivity contribution >= 4 is 27.3 Å². The van der Waals surface area contributed by atoms with Gasteiger partial charge in [0.15, 0.2) is 0 Å². The molecule has 0 saturated carbocycles. The molecule has 0 spiro atoms. The largest absolute Gasteiger partial charge is 0.321 e. The number of sulfonamides is 1. The van der Waals surface area contributed by atoms with Gasteiger partial charge < -0.3 is 5.32 Å². The second-order valence-electron chi connectivity index (χ2n) is 5.96. The fourth-order valence-electron chi connectivity index (χ4n) is 2.78. The van der Waals surface area contributed by atoms with Crippen LogP contribution in [0.25, 0.3) is 0 Å². The summed E-state index contributed by atoms with van der Waals surface area (Å²) in [6.45, 7) is 5.83. The van der Waals surface area contributed by atoms with Crippen molar-refractivity contribution in [2.24, 2.45) is 0 Å². The summed E-state index contributed by atoms with van der Waals surface area (Å²) in [4.78, 5) is 12.8. The molecule has 2 N–H and O–H groups in total. The van der Waals surface area contributed by atoms with Gasteiger partial charge in [-0.05, 0) is 48.6 Å². The van der Waals surface area contributed by atoms with Crippen molar-refractivity contribution in [3.8, 4) is 0 Å². The lowest BCUT2D eigenvalue weighted by Gasteiger charge is -2.16. The van der Waals surface area contributed by atoms with Gasteiger partial charge in [-0.2, -0.15) is 0 Å². The molecule has 2 rings (SSSR count). The Kier molecular flexibility index (Phi) is 5.85. The molecule has 25 heavy (non-hydrogen) atoms. The first-order valence-corrected chi connectivity index (χ1v) is 10.2. The summed E-state index contributed by atoms with van der Waals surface area (Å²) in [6.07, 6.45) is 2.72. The summed E-state index contributed by atoms with van der Waals surface area (Å²) >= 11 is 0. The number of hydrogen-bond acceptors (Lipinski definition) is 3. The van der Waals surface area contributed by atoms with Crippen LogP contribution in [0.3, 0.4) is 0 Å². The Bertz CT molecular complexity index is 867. The smallest absolute Gasteiger partial charge is 0.256 e. The monoisotopic (exact) mass is 360 g/mol. The van der Waals surface area contributed by atoms with Crippen LogP contribution in [0.5, 0.6) is 0 Å². The van der Waals surface area contributed by atoms with E-state index in [1.54, 1.807) is 25.1 Å². The molecule has 0 aliphatic carbocycles. The van der Waals surface area contributed by atoms with Crippen LogP contribution in [0.1, 0.15) is 40.9 Å². The Labute approximate surface area is 149 Å². The number of nitrogens with one attached hydrogen (secondary N) is 2. The van der Waals surface area contributed by atoms with Crippen molar-refractivity contribution in [3.63, 3.8) is 0 Å². The van der Waals surface area contributed by atoms with Gasteiger partial charge in [0.1, 0.15) is 0 Å². The highest BCUT2D eigenvalue weighted by Gasteiger charge is 2.16. The molecule has 5 nitrogen and oxygen atoms in total. The highest BCUT2D eigenvalue weighted by atomic mass is 32.2. The second kappa shape index (κ2) is 7.70. The van der Waals surface area contributed by atoms with Crippen LogP contribution >= 0.6 is 0 Å². The molecule has 0 aliphatic heterocycles. The number of rotatable bonds is 6. The van der Waals surface area contributed by atoms with Crippen molar-refractivity contribution in [2.45, 2.75) is 33.6 Å². The number of carbonyl (C=O) groups is 1. The summed E-state index contributed by atoms with van der Waals surface area (Å²) in [5.41, 5.74) is 4.46. The maximum atomic E-state index is 12.8. The molecular formula is C19H24N2O3S. The number of para-hydroxylation sites is 1. The SMILES string of the molecule is CCc1cccc(CC)c1NC(=O)c1cccc(NS(C)(=O)=O)c1C. The first kappa shape index (κ1) is 19.0. The zero-order valence-electron chi connectivity index (χ0n) is 15.0. The molecule has 0 aliphatic rings. The van der Waals surface area contributed by atoms with E-state index in [1.807, 2.05) is 32.0 Å². The standard InChI is InChI=1S/C19H24N2O3S/c1-5-14-9-7-10-15(6-2)18(14)20-19(22)16-11-8-12-17(13(16)3)21-25(4,23)24/h7-12,21H,5-6H2,1-4H3,(H,20,22). The van der Waals surface area contributed by atoms with E-state index >= 15 is 0 Å². The van der Waals surface area contributed by atoms with Gasteiger partial charge in [-0.3, -0.25) is 9.52 Å². The molecule has 1 amide bonds. The third kappa shape index (κ3) is 4.60. The van der Waals surface area contributed by atoms with Crippen molar-refractivity contribution in [3.05, 3.63) is 58.7 Å². The van der Waals surface area contributed by atoms with Crippen LogP contribution in [0.15, 0.2) is 36.4 Å². The van der Waals surface area contributed by atoms with Crippen molar-refractivity contribution in [2.75, 3.05) is 16.3 Å². The molecule has 0 aromatic heterocycles. The Hall–Kier alpha value is -2.34. The number of carbonyl (C=O) groups excluding carboxylic acids is 1. The van der Waals surface area contributed by atoms with E-state index in [0.717, 1.165) is 35.9 Å². The molecule has 6 heteroatoms. The lowest BCUT2D eigenvalue weighted by molar-refractivity contribution is 0.102. The first-order valence-electron chi connectivity index (χ1n) is 8.26. The Balaban J connectivity index is 2.39. The van der Waals surface area contributed by atoms with Crippen molar-refractivity contribution < 1.29 is 13.2 Å². The van der Waals surface area contributed by atoms with E-state index in [0.29, 0.717) is 16.8 Å². The molecule has 0 heterocycles. The summed E-state index contributed by atoms with van der Waals surface area (Å²) in [5, 5.41) is 3.01. The van der Waals surface area contributed by atoms with Crippen molar-refractivity contribution in [1.29, 1.82) is 0 Å². The molecule has 0 saturated heterocycles. The normalized spacial score (nSPS) is 11.2. The van der Waals surface area contributed by atoms with E-state index in [2.05, 4.69) is 10.0 Å². The predicted octanol–water partition coefficient (Wildman–Crippen LogP) is 3.74. The van der Waals surface area contributed by atoms with Crippen LogP contribution < -0.4 is 10.0 Å². The van der Waals surface area contributed by atoms with Gasteiger partial charge in [0.05, 0.1) is 11.9 Å². The van der Waals surface area contributed by atoms with Gasteiger partial charge in [-0.1, -0.05) is 38.1 Å². The molecule has 0 fully saturated rings. The summed E-state index contributed by atoms with van der Waals surface area (Å²) < 4.78 is 25.4. The average molecular weight is 360 g/mol. The minimum atomic E-state index is -3.40. The highest BCUT2D eigenvalue weighted by Crippen LogP contribution is 2.25. The molecule has 0 unspecified atom stereocenters. The van der Waals surface area contributed by atoms with Gasteiger partial charge in [0.2, 0.25) is 10.0 Å². The zero-order chi connectivity index (χ0) is 18.6. The van der Waals surface area contributed by atoms with E-state index in [-0.39, 0.29) is 5.91 Å². The third-order valence-corrected chi connectivity index (χ3v) is 4.70. The highest BCUT2D eigenvalue weighted by molar-refractivity contribution is 7.92. The summed E-state index contributed by atoms with van der Waals surface area (Å²) in [5.74, 6) is -0.245. The van der Waals surface area contributed by atoms with E-state index in [9.17, 15) is 13.2 Å². The van der Waals surface area contributed by atoms with Crippen LogP contribution in [0.2, 0.25) is 0 Å². The van der Waals surface area contributed by atoms with Gasteiger partial charge in [-0.15, -0.1) is 0 Å². The molecule has 0 radical (unpaired) electrons. The maximum Gasteiger partial charge on any atom is 0.256 e. The minimum absolute atomic E-state index is 0.245. The zero-order valence-corrected chi connectivity index (χ0v) is 15.8. The fraction of sp³-hybridized carbons (Fsp3) is 0.316. The molecule has 0 atom stereocenters. The van der Waals surface area contributed by atoms with E-state index in [4.69, 9.17) is 0 Å². The van der Waals surface area contributed by atoms with Crippen LogP contribution in [0, 0.1) is 6.92 Å². The number of anilines is 2. The summed E-state index contributed by atoms with van der Waals surface area (Å²) in [6, 6.07) is 11.0. The second-order valence-corrected chi connectivity index (χ2v) is 7.71. The molecule has 0 bridgehead atoms. The molecule has 2 aromatic carbocycles. The average Bonchev–Trinajstić information content (AvgIpc) is 2.55. The Morgan fingerprint density at radius 2 is 1.56 bits per heavy atom.